The van der Waals surface area contributed by atoms with Crippen molar-refractivity contribution < 1.29 is 14.6 Å². The zero-order valence-corrected chi connectivity index (χ0v) is 9.49. The van der Waals surface area contributed by atoms with Gasteiger partial charge in [-0.05, 0) is 13.5 Å². The van der Waals surface area contributed by atoms with Crippen LogP contribution in [0.1, 0.15) is 20.8 Å². The Kier molecular flexibility index (Phi) is 6.49. The minimum atomic E-state index is -0.743. The van der Waals surface area contributed by atoms with Crippen molar-refractivity contribution in [2.45, 2.75) is 26.8 Å². The molecule has 0 aliphatic rings. The normalized spacial score (nSPS) is 15.5. The van der Waals surface area contributed by atoms with Gasteiger partial charge in [0.25, 0.3) is 0 Å². The van der Waals surface area contributed by atoms with Gasteiger partial charge in [0, 0.05) is 19.7 Å². The molecule has 0 aliphatic heterocycles. The third-order valence-corrected chi connectivity index (χ3v) is 2.37. The average Bonchev–Trinajstić information content (AvgIpc) is 2.13. The number of nitrogens with zero attached hydrogens (tertiary/aromatic N) is 1. The smallest absolute Gasteiger partial charge is 0.307 e. The predicted molar refractivity (Wildman–Crippen MR) is 55.4 cm³/mol. The van der Waals surface area contributed by atoms with Gasteiger partial charge >= 0.3 is 5.97 Å². The van der Waals surface area contributed by atoms with Crippen LogP contribution in [0.15, 0.2) is 0 Å². The number of rotatable bonds is 7. The molecule has 0 rings (SSSR count). The second kappa shape index (κ2) is 6.79. The van der Waals surface area contributed by atoms with Gasteiger partial charge in [0.05, 0.1) is 12.5 Å². The van der Waals surface area contributed by atoms with Crippen LogP contribution in [0.25, 0.3) is 0 Å². The fraction of sp³-hybridized carbons (Fsp3) is 0.900. The van der Waals surface area contributed by atoms with Crippen LogP contribution in [-0.4, -0.2) is 48.8 Å². The van der Waals surface area contributed by atoms with E-state index in [1.807, 2.05) is 13.8 Å². The highest BCUT2D eigenvalue weighted by atomic mass is 16.5. The van der Waals surface area contributed by atoms with E-state index in [4.69, 9.17) is 9.84 Å². The summed E-state index contributed by atoms with van der Waals surface area (Å²) in [7, 11) is 1.66. The first kappa shape index (κ1) is 13.4. The Hall–Kier alpha value is -0.610. The second-order valence-electron chi connectivity index (χ2n) is 3.63. The molecule has 14 heavy (non-hydrogen) atoms. The molecule has 4 heteroatoms. The van der Waals surface area contributed by atoms with E-state index in [2.05, 4.69) is 4.90 Å². The number of aliphatic carboxylic acids is 1. The molecule has 0 radical (unpaired) electrons. The molecule has 0 heterocycles. The van der Waals surface area contributed by atoms with E-state index in [-0.39, 0.29) is 12.0 Å². The summed E-state index contributed by atoms with van der Waals surface area (Å²) in [5, 5.41) is 8.78. The molecule has 4 nitrogen and oxygen atoms in total. The maximum atomic E-state index is 10.7. The Balaban J connectivity index is 4.07. The molecule has 2 atom stereocenters. The molecule has 2 unspecified atom stereocenters. The standard InChI is InChI=1S/C10H21NO3/c1-5-11(9(3)7-14-4)6-8(2)10(12)13/h8-9H,5-7H2,1-4H3,(H,12,13). The predicted octanol–water partition coefficient (Wildman–Crippen LogP) is 1.06. The van der Waals surface area contributed by atoms with Crippen molar-refractivity contribution in [2.75, 3.05) is 26.8 Å². The maximum Gasteiger partial charge on any atom is 0.307 e. The Morgan fingerprint density at radius 1 is 1.50 bits per heavy atom. The minimum Gasteiger partial charge on any atom is -0.481 e. The quantitative estimate of drug-likeness (QED) is 0.672. The van der Waals surface area contributed by atoms with Gasteiger partial charge in [-0.15, -0.1) is 0 Å². The van der Waals surface area contributed by atoms with Crippen molar-refractivity contribution >= 4 is 5.97 Å². The molecule has 0 aliphatic carbocycles. The van der Waals surface area contributed by atoms with Gasteiger partial charge in [-0.2, -0.15) is 0 Å². The monoisotopic (exact) mass is 203 g/mol. The van der Waals surface area contributed by atoms with Crippen LogP contribution in [0.5, 0.6) is 0 Å². The lowest BCUT2D eigenvalue weighted by Crippen LogP contribution is -2.40. The van der Waals surface area contributed by atoms with E-state index in [0.717, 1.165) is 6.54 Å². The van der Waals surface area contributed by atoms with Crippen molar-refractivity contribution in [3.05, 3.63) is 0 Å². The van der Waals surface area contributed by atoms with E-state index in [9.17, 15) is 4.79 Å². The zero-order valence-electron chi connectivity index (χ0n) is 9.49. The van der Waals surface area contributed by atoms with E-state index < -0.39 is 5.97 Å². The lowest BCUT2D eigenvalue weighted by atomic mass is 10.1. The summed E-state index contributed by atoms with van der Waals surface area (Å²) in [4.78, 5) is 12.8. The van der Waals surface area contributed by atoms with Crippen LogP contribution in [0.2, 0.25) is 0 Å². The van der Waals surface area contributed by atoms with E-state index in [1.54, 1.807) is 14.0 Å². The first-order chi connectivity index (χ1) is 6.52. The van der Waals surface area contributed by atoms with Crippen LogP contribution in [-0.2, 0) is 9.53 Å². The SMILES string of the molecule is CCN(CC(C)C(=O)O)C(C)COC. The molecule has 0 fully saturated rings. The largest absolute Gasteiger partial charge is 0.481 e. The van der Waals surface area contributed by atoms with Crippen LogP contribution < -0.4 is 0 Å². The molecule has 1 N–H and O–H groups in total. The van der Waals surface area contributed by atoms with Gasteiger partial charge in [0.1, 0.15) is 0 Å². The number of hydrogen-bond acceptors (Lipinski definition) is 3. The molecule has 0 aromatic carbocycles. The topological polar surface area (TPSA) is 49.8 Å². The molecule has 84 valence electrons. The van der Waals surface area contributed by atoms with E-state index in [0.29, 0.717) is 13.2 Å². The Morgan fingerprint density at radius 2 is 2.07 bits per heavy atom. The summed E-state index contributed by atoms with van der Waals surface area (Å²) >= 11 is 0. The number of hydrogen-bond donors (Lipinski definition) is 1. The number of methoxy groups -OCH3 is 1. The van der Waals surface area contributed by atoms with E-state index >= 15 is 0 Å². The molecule has 0 saturated heterocycles. The molecule has 0 saturated carbocycles. The van der Waals surface area contributed by atoms with Gasteiger partial charge in [-0.3, -0.25) is 9.69 Å². The van der Waals surface area contributed by atoms with Crippen molar-refractivity contribution in [1.29, 1.82) is 0 Å². The molecule has 0 bridgehead atoms. The van der Waals surface area contributed by atoms with Gasteiger partial charge in [-0.25, -0.2) is 0 Å². The Morgan fingerprint density at radius 3 is 2.43 bits per heavy atom. The van der Waals surface area contributed by atoms with Crippen molar-refractivity contribution in [2.24, 2.45) is 5.92 Å². The third kappa shape index (κ3) is 4.58. The fourth-order valence-electron chi connectivity index (χ4n) is 1.40. The summed E-state index contributed by atoms with van der Waals surface area (Å²) in [6.07, 6.45) is 0. The summed E-state index contributed by atoms with van der Waals surface area (Å²) in [6.45, 7) is 7.87. The van der Waals surface area contributed by atoms with Gasteiger partial charge in [0.15, 0.2) is 0 Å². The van der Waals surface area contributed by atoms with Gasteiger partial charge in [0.2, 0.25) is 0 Å². The van der Waals surface area contributed by atoms with Gasteiger partial charge < -0.3 is 9.84 Å². The summed E-state index contributed by atoms with van der Waals surface area (Å²) in [6, 6.07) is 0.270. The molecule has 0 aromatic rings. The summed E-state index contributed by atoms with van der Waals surface area (Å²) in [5.41, 5.74) is 0. The minimum absolute atomic E-state index is 0.270. The lowest BCUT2D eigenvalue weighted by Gasteiger charge is -2.28. The summed E-state index contributed by atoms with van der Waals surface area (Å²) < 4.78 is 5.04. The van der Waals surface area contributed by atoms with Gasteiger partial charge in [-0.1, -0.05) is 13.8 Å². The molecule has 0 aromatic heterocycles. The highest BCUT2D eigenvalue weighted by Gasteiger charge is 2.18. The zero-order chi connectivity index (χ0) is 11.1. The third-order valence-electron chi connectivity index (χ3n) is 2.37. The van der Waals surface area contributed by atoms with Crippen LogP contribution in [0, 0.1) is 5.92 Å². The van der Waals surface area contributed by atoms with Crippen molar-refractivity contribution in [3.63, 3.8) is 0 Å². The fourth-order valence-corrected chi connectivity index (χ4v) is 1.40. The molecular formula is C10H21NO3. The number of carbonyl (C=O) groups is 1. The van der Waals surface area contributed by atoms with Crippen LogP contribution >= 0.6 is 0 Å². The first-order valence-corrected chi connectivity index (χ1v) is 4.98. The van der Waals surface area contributed by atoms with Crippen LogP contribution in [0.3, 0.4) is 0 Å². The second-order valence-corrected chi connectivity index (χ2v) is 3.63. The molecule has 0 amide bonds. The average molecular weight is 203 g/mol. The van der Waals surface area contributed by atoms with Crippen molar-refractivity contribution in [3.8, 4) is 0 Å². The first-order valence-electron chi connectivity index (χ1n) is 4.98. The number of carboxylic acids is 1. The van der Waals surface area contributed by atoms with E-state index in [1.165, 1.54) is 0 Å². The lowest BCUT2D eigenvalue weighted by molar-refractivity contribution is -0.142. The Labute approximate surface area is 85.9 Å². The maximum absolute atomic E-state index is 10.7. The van der Waals surface area contributed by atoms with Crippen LogP contribution in [0.4, 0.5) is 0 Å². The number of carboxylic acid groups (broad SMARTS) is 1. The van der Waals surface area contributed by atoms with Crippen molar-refractivity contribution in [1.82, 2.24) is 4.90 Å². The highest BCUT2D eigenvalue weighted by molar-refractivity contribution is 5.69. The summed E-state index contributed by atoms with van der Waals surface area (Å²) in [5.74, 6) is -1.07. The number of ether oxygens (including phenoxy) is 1. The number of likely N-dealkylation sites (N-methyl/N-ethyl adjacent to an activating group) is 1. The Bertz CT molecular complexity index is 173. The molecule has 0 spiro atoms. The molecular weight excluding hydrogens is 182 g/mol. The highest BCUT2D eigenvalue weighted by Crippen LogP contribution is 2.05.